The van der Waals surface area contributed by atoms with Crippen molar-refractivity contribution in [3.63, 3.8) is 0 Å². The molecule has 0 unspecified atom stereocenters. The van der Waals surface area contributed by atoms with Crippen LogP contribution in [0.25, 0.3) is 0 Å². The lowest BCUT2D eigenvalue weighted by Crippen LogP contribution is -2.44. The van der Waals surface area contributed by atoms with E-state index in [0.717, 1.165) is 49.2 Å². The number of anilines is 1. The number of para-hydroxylation sites is 1. The normalized spacial score (nSPS) is 22.0. The standard InChI is InChI=1S/C18H20N4O2/c23-16-9-15(20-10-21-16)12-7-13(8-12)22-18(24)14-5-1-3-11-4-2-6-19-17(11)14/h1,3,5,9-10,12-13,19H,2,4,6-8H2,(H,22,24)(H,20,21,23). The summed E-state index contributed by atoms with van der Waals surface area (Å²) in [5.41, 5.74) is 3.60. The van der Waals surface area contributed by atoms with Crippen molar-refractivity contribution < 1.29 is 4.79 Å². The van der Waals surface area contributed by atoms with Gasteiger partial charge in [-0.1, -0.05) is 12.1 Å². The van der Waals surface area contributed by atoms with Crippen LogP contribution in [-0.2, 0) is 6.42 Å². The number of hydrogen-bond donors (Lipinski definition) is 3. The highest BCUT2D eigenvalue weighted by atomic mass is 16.1. The molecule has 0 bridgehead atoms. The number of aromatic amines is 1. The van der Waals surface area contributed by atoms with Crippen molar-refractivity contribution in [2.24, 2.45) is 0 Å². The van der Waals surface area contributed by atoms with Gasteiger partial charge in [0.2, 0.25) is 0 Å². The van der Waals surface area contributed by atoms with E-state index in [1.165, 1.54) is 11.9 Å². The van der Waals surface area contributed by atoms with Crippen molar-refractivity contribution in [1.82, 2.24) is 15.3 Å². The number of amides is 1. The molecule has 0 spiro atoms. The fraction of sp³-hybridized carbons (Fsp3) is 0.389. The van der Waals surface area contributed by atoms with Gasteiger partial charge >= 0.3 is 0 Å². The second-order valence-electron chi connectivity index (χ2n) is 6.54. The summed E-state index contributed by atoms with van der Waals surface area (Å²) >= 11 is 0. The Hall–Kier alpha value is -2.63. The molecule has 1 aliphatic carbocycles. The van der Waals surface area contributed by atoms with Gasteiger partial charge in [0.15, 0.2) is 0 Å². The minimum atomic E-state index is -0.130. The number of fused-ring (bicyclic) bond motifs is 1. The van der Waals surface area contributed by atoms with E-state index in [1.54, 1.807) is 6.07 Å². The van der Waals surface area contributed by atoms with Gasteiger partial charge in [-0.05, 0) is 37.3 Å². The van der Waals surface area contributed by atoms with Crippen molar-refractivity contribution in [1.29, 1.82) is 0 Å². The van der Waals surface area contributed by atoms with Crippen LogP contribution in [-0.4, -0.2) is 28.5 Å². The van der Waals surface area contributed by atoms with Gasteiger partial charge in [0.05, 0.1) is 23.3 Å². The predicted molar refractivity (Wildman–Crippen MR) is 91.3 cm³/mol. The van der Waals surface area contributed by atoms with E-state index >= 15 is 0 Å². The Kier molecular flexibility index (Phi) is 3.80. The van der Waals surface area contributed by atoms with Crippen LogP contribution >= 0.6 is 0 Å². The van der Waals surface area contributed by atoms with Gasteiger partial charge in [-0.25, -0.2) is 4.98 Å². The molecule has 1 amide bonds. The molecule has 2 aromatic rings. The van der Waals surface area contributed by atoms with Crippen molar-refractivity contribution in [3.8, 4) is 0 Å². The lowest BCUT2D eigenvalue weighted by Gasteiger charge is -2.35. The lowest BCUT2D eigenvalue weighted by molar-refractivity contribution is 0.0909. The Morgan fingerprint density at radius 2 is 2.17 bits per heavy atom. The van der Waals surface area contributed by atoms with E-state index in [0.29, 0.717) is 0 Å². The molecule has 124 valence electrons. The number of nitrogens with one attached hydrogen (secondary N) is 3. The molecule has 1 fully saturated rings. The zero-order chi connectivity index (χ0) is 16.5. The van der Waals surface area contributed by atoms with Gasteiger partial charge in [-0.15, -0.1) is 0 Å². The monoisotopic (exact) mass is 324 g/mol. The topological polar surface area (TPSA) is 86.9 Å². The Balaban J connectivity index is 1.41. The van der Waals surface area contributed by atoms with Gasteiger partial charge < -0.3 is 15.6 Å². The third-order valence-electron chi connectivity index (χ3n) is 4.91. The van der Waals surface area contributed by atoms with E-state index in [4.69, 9.17) is 0 Å². The minimum Gasteiger partial charge on any atom is -0.384 e. The number of aryl methyl sites for hydroxylation is 1. The van der Waals surface area contributed by atoms with Crippen LogP contribution in [0, 0.1) is 0 Å². The summed E-state index contributed by atoms with van der Waals surface area (Å²) in [6.07, 6.45) is 5.20. The largest absolute Gasteiger partial charge is 0.384 e. The molecule has 1 aromatic heterocycles. The second kappa shape index (κ2) is 6.11. The highest BCUT2D eigenvalue weighted by Gasteiger charge is 2.33. The molecule has 24 heavy (non-hydrogen) atoms. The molecule has 2 aliphatic rings. The molecule has 6 nitrogen and oxygen atoms in total. The summed E-state index contributed by atoms with van der Waals surface area (Å²) in [6.45, 7) is 0.914. The van der Waals surface area contributed by atoms with Gasteiger partial charge in [-0.3, -0.25) is 9.59 Å². The average Bonchev–Trinajstić information content (AvgIpc) is 2.57. The van der Waals surface area contributed by atoms with Crippen LogP contribution in [0.15, 0.2) is 35.4 Å². The number of nitrogens with zero attached hydrogens (tertiary/aromatic N) is 1. The summed E-state index contributed by atoms with van der Waals surface area (Å²) in [4.78, 5) is 30.7. The number of aromatic nitrogens is 2. The van der Waals surface area contributed by atoms with Crippen LogP contribution in [0.1, 0.15) is 46.8 Å². The van der Waals surface area contributed by atoms with Crippen LogP contribution in [0.4, 0.5) is 5.69 Å². The van der Waals surface area contributed by atoms with Crippen LogP contribution < -0.4 is 16.2 Å². The van der Waals surface area contributed by atoms with Crippen molar-refractivity contribution in [2.75, 3.05) is 11.9 Å². The third-order valence-corrected chi connectivity index (χ3v) is 4.91. The summed E-state index contributed by atoms with van der Waals surface area (Å²) in [7, 11) is 0. The molecule has 0 saturated heterocycles. The number of H-pyrrole nitrogens is 1. The minimum absolute atomic E-state index is 0.0245. The Morgan fingerprint density at radius 3 is 3.00 bits per heavy atom. The highest BCUT2D eigenvalue weighted by Crippen LogP contribution is 2.35. The number of hydrogen-bond acceptors (Lipinski definition) is 4. The number of rotatable bonds is 3. The lowest BCUT2D eigenvalue weighted by atomic mass is 9.78. The highest BCUT2D eigenvalue weighted by molar-refractivity contribution is 6.00. The third kappa shape index (κ3) is 2.79. The maximum Gasteiger partial charge on any atom is 0.253 e. The molecular weight excluding hydrogens is 304 g/mol. The quantitative estimate of drug-likeness (QED) is 0.803. The molecule has 1 saturated carbocycles. The van der Waals surface area contributed by atoms with E-state index in [9.17, 15) is 9.59 Å². The van der Waals surface area contributed by atoms with Gasteiger partial charge in [0, 0.05) is 24.6 Å². The van der Waals surface area contributed by atoms with E-state index < -0.39 is 0 Å². The number of carbonyl (C=O) groups is 1. The predicted octanol–water partition coefficient (Wildman–Crippen LogP) is 1.80. The number of benzene rings is 1. The van der Waals surface area contributed by atoms with Crippen LogP contribution in [0.2, 0.25) is 0 Å². The van der Waals surface area contributed by atoms with Gasteiger partial charge in [0.25, 0.3) is 11.5 Å². The molecule has 2 heterocycles. The molecule has 6 heteroatoms. The Morgan fingerprint density at radius 1 is 1.29 bits per heavy atom. The molecule has 0 radical (unpaired) electrons. The first-order valence-corrected chi connectivity index (χ1v) is 8.42. The molecule has 3 N–H and O–H groups in total. The Bertz CT molecular complexity index is 824. The van der Waals surface area contributed by atoms with Crippen molar-refractivity contribution in [2.45, 2.75) is 37.6 Å². The Labute approximate surface area is 139 Å². The fourth-order valence-corrected chi connectivity index (χ4v) is 3.55. The van der Waals surface area contributed by atoms with Crippen LogP contribution in [0.3, 0.4) is 0 Å². The van der Waals surface area contributed by atoms with E-state index in [1.807, 2.05) is 12.1 Å². The summed E-state index contributed by atoms with van der Waals surface area (Å²) in [5, 5.41) is 6.46. The van der Waals surface area contributed by atoms with E-state index in [2.05, 4.69) is 26.7 Å². The zero-order valence-corrected chi connectivity index (χ0v) is 13.3. The van der Waals surface area contributed by atoms with Crippen molar-refractivity contribution in [3.05, 3.63) is 57.8 Å². The smallest absolute Gasteiger partial charge is 0.253 e. The summed E-state index contributed by atoms with van der Waals surface area (Å²) in [6, 6.07) is 7.59. The first-order valence-electron chi connectivity index (χ1n) is 8.42. The maximum atomic E-state index is 12.6. The fourth-order valence-electron chi connectivity index (χ4n) is 3.55. The van der Waals surface area contributed by atoms with Gasteiger partial charge in [-0.2, -0.15) is 0 Å². The van der Waals surface area contributed by atoms with Crippen LogP contribution in [0.5, 0.6) is 0 Å². The second-order valence-corrected chi connectivity index (χ2v) is 6.54. The summed E-state index contributed by atoms with van der Waals surface area (Å²) in [5.74, 6) is 0.226. The van der Waals surface area contributed by atoms with Gasteiger partial charge in [0.1, 0.15) is 0 Å². The first kappa shape index (κ1) is 14.9. The zero-order valence-electron chi connectivity index (χ0n) is 13.3. The molecule has 1 aliphatic heterocycles. The molecule has 1 aromatic carbocycles. The average molecular weight is 324 g/mol. The van der Waals surface area contributed by atoms with E-state index in [-0.39, 0.29) is 23.4 Å². The maximum absolute atomic E-state index is 12.6. The SMILES string of the molecule is O=C(NC1CC(c2cc(=O)[nH]cn2)C1)c1cccc2c1NCCC2. The summed E-state index contributed by atoms with van der Waals surface area (Å²) < 4.78 is 0. The molecule has 0 atom stereocenters. The number of carbonyl (C=O) groups excluding carboxylic acids is 1. The molecular formula is C18H20N4O2. The molecule has 4 rings (SSSR count). The van der Waals surface area contributed by atoms with Crippen molar-refractivity contribution >= 4 is 11.6 Å². The first-order chi connectivity index (χ1) is 11.7.